The molecule has 0 aliphatic carbocycles. The zero-order valence-corrected chi connectivity index (χ0v) is 12.4. The summed E-state index contributed by atoms with van der Waals surface area (Å²) in [5, 5.41) is 12.0. The standard InChI is InChI=1S/C12H12BrClN2O3/c13-7-9-2-1-5-15(9)12(17)10-6-8(14)3-4-11(10)16(18)19/h3-4,6,9H,1-2,5,7H2. The smallest absolute Gasteiger partial charge is 0.282 e. The first-order valence-electron chi connectivity index (χ1n) is 5.85. The average molecular weight is 348 g/mol. The van der Waals surface area contributed by atoms with E-state index in [2.05, 4.69) is 15.9 Å². The summed E-state index contributed by atoms with van der Waals surface area (Å²) < 4.78 is 0. The Balaban J connectivity index is 2.37. The number of carbonyl (C=O) groups is 1. The highest BCUT2D eigenvalue weighted by Gasteiger charge is 2.32. The van der Waals surface area contributed by atoms with Crippen LogP contribution in [0.15, 0.2) is 18.2 Å². The maximum Gasteiger partial charge on any atom is 0.282 e. The van der Waals surface area contributed by atoms with Crippen LogP contribution in [-0.4, -0.2) is 33.6 Å². The van der Waals surface area contributed by atoms with E-state index < -0.39 is 4.92 Å². The molecule has 7 heteroatoms. The average Bonchev–Trinajstić information content (AvgIpc) is 2.85. The Labute approximate surface area is 123 Å². The fourth-order valence-corrected chi connectivity index (χ4v) is 3.10. The molecule has 0 radical (unpaired) electrons. The zero-order valence-electron chi connectivity index (χ0n) is 10.0. The Hall–Kier alpha value is -1.14. The van der Waals surface area contributed by atoms with Crippen LogP contribution >= 0.6 is 27.5 Å². The number of rotatable bonds is 3. The number of benzene rings is 1. The lowest BCUT2D eigenvalue weighted by atomic mass is 10.1. The van der Waals surface area contributed by atoms with Crippen molar-refractivity contribution >= 4 is 39.1 Å². The summed E-state index contributed by atoms with van der Waals surface area (Å²) in [5.41, 5.74) is -0.139. The number of halogens is 2. The summed E-state index contributed by atoms with van der Waals surface area (Å²) in [7, 11) is 0. The van der Waals surface area contributed by atoms with Gasteiger partial charge in [0.15, 0.2) is 0 Å². The third-order valence-electron chi connectivity index (χ3n) is 3.20. The molecule has 19 heavy (non-hydrogen) atoms. The van der Waals surface area contributed by atoms with Crippen molar-refractivity contribution in [2.75, 3.05) is 11.9 Å². The van der Waals surface area contributed by atoms with Gasteiger partial charge in [0.05, 0.1) is 4.92 Å². The van der Waals surface area contributed by atoms with Gasteiger partial charge in [0.2, 0.25) is 0 Å². The first-order chi connectivity index (χ1) is 9.04. The van der Waals surface area contributed by atoms with Gasteiger partial charge < -0.3 is 4.90 Å². The monoisotopic (exact) mass is 346 g/mol. The van der Waals surface area contributed by atoms with Gasteiger partial charge in [-0.1, -0.05) is 27.5 Å². The molecule has 1 fully saturated rings. The van der Waals surface area contributed by atoms with Crippen molar-refractivity contribution in [2.45, 2.75) is 18.9 Å². The molecule has 0 N–H and O–H groups in total. The van der Waals surface area contributed by atoms with E-state index in [9.17, 15) is 14.9 Å². The number of alkyl halides is 1. The second-order valence-electron chi connectivity index (χ2n) is 4.37. The van der Waals surface area contributed by atoms with Gasteiger partial charge in [-0.25, -0.2) is 0 Å². The van der Waals surface area contributed by atoms with E-state index in [0.717, 1.165) is 12.8 Å². The summed E-state index contributed by atoms with van der Waals surface area (Å²) >= 11 is 9.21. The lowest BCUT2D eigenvalue weighted by Crippen LogP contribution is -2.36. The Morgan fingerprint density at radius 1 is 1.58 bits per heavy atom. The molecule has 0 spiro atoms. The van der Waals surface area contributed by atoms with Gasteiger partial charge in [-0.15, -0.1) is 0 Å². The molecule has 1 aliphatic rings. The Kier molecular flexibility index (Phi) is 4.42. The van der Waals surface area contributed by atoms with E-state index in [4.69, 9.17) is 11.6 Å². The molecule has 1 amide bonds. The van der Waals surface area contributed by atoms with E-state index >= 15 is 0 Å². The highest BCUT2D eigenvalue weighted by molar-refractivity contribution is 9.09. The third kappa shape index (κ3) is 2.90. The van der Waals surface area contributed by atoms with E-state index in [1.807, 2.05) is 0 Å². The molecule has 102 valence electrons. The van der Waals surface area contributed by atoms with Gasteiger partial charge in [-0.2, -0.15) is 0 Å². The summed E-state index contributed by atoms with van der Waals surface area (Å²) in [6.45, 7) is 0.624. The molecule has 0 saturated carbocycles. The summed E-state index contributed by atoms with van der Waals surface area (Å²) in [4.78, 5) is 24.5. The fourth-order valence-electron chi connectivity index (χ4n) is 2.26. The number of likely N-dealkylation sites (tertiary alicyclic amines) is 1. The predicted molar refractivity (Wildman–Crippen MR) is 76.0 cm³/mol. The predicted octanol–water partition coefficient (Wildman–Crippen LogP) is 3.25. The molecule has 1 atom stereocenters. The molecular weight excluding hydrogens is 336 g/mol. The minimum Gasteiger partial charge on any atom is -0.335 e. The Morgan fingerprint density at radius 2 is 2.32 bits per heavy atom. The molecule has 1 unspecified atom stereocenters. The molecule has 1 saturated heterocycles. The molecule has 1 aromatic rings. The van der Waals surface area contributed by atoms with Crippen molar-refractivity contribution in [2.24, 2.45) is 0 Å². The largest absolute Gasteiger partial charge is 0.335 e. The highest BCUT2D eigenvalue weighted by Crippen LogP contribution is 2.28. The Morgan fingerprint density at radius 3 is 2.95 bits per heavy atom. The van der Waals surface area contributed by atoms with E-state index in [0.29, 0.717) is 16.9 Å². The minimum absolute atomic E-state index is 0.0605. The first-order valence-corrected chi connectivity index (χ1v) is 7.35. The van der Waals surface area contributed by atoms with Crippen molar-refractivity contribution in [3.8, 4) is 0 Å². The lowest BCUT2D eigenvalue weighted by molar-refractivity contribution is -0.385. The number of carbonyl (C=O) groups excluding carboxylic acids is 1. The fraction of sp³-hybridized carbons (Fsp3) is 0.417. The molecule has 1 aliphatic heterocycles. The summed E-state index contributed by atoms with van der Waals surface area (Å²) in [6, 6.07) is 4.15. The molecular formula is C12H12BrClN2O3. The highest BCUT2D eigenvalue weighted by atomic mass is 79.9. The number of nitro groups is 1. The van der Waals surface area contributed by atoms with Crippen LogP contribution in [0.5, 0.6) is 0 Å². The van der Waals surface area contributed by atoms with Crippen LogP contribution in [0.3, 0.4) is 0 Å². The normalized spacial score (nSPS) is 18.6. The van der Waals surface area contributed by atoms with Crippen molar-refractivity contribution in [3.63, 3.8) is 0 Å². The van der Waals surface area contributed by atoms with Crippen LogP contribution in [0.2, 0.25) is 5.02 Å². The molecule has 0 bridgehead atoms. The van der Waals surface area contributed by atoms with Crippen LogP contribution in [0.4, 0.5) is 5.69 Å². The maximum atomic E-state index is 12.4. The van der Waals surface area contributed by atoms with Crippen LogP contribution in [0, 0.1) is 10.1 Å². The van der Waals surface area contributed by atoms with Gasteiger partial charge in [0, 0.05) is 29.0 Å². The number of amides is 1. The molecule has 5 nitrogen and oxygen atoms in total. The van der Waals surface area contributed by atoms with Gasteiger partial charge in [0.1, 0.15) is 5.56 Å². The zero-order chi connectivity index (χ0) is 14.0. The second kappa shape index (κ2) is 5.88. The SMILES string of the molecule is O=C(c1cc(Cl)ccc1[N+](=O)[O-])N1CCCC1CBr. The number of hydrogen-bond donors (Lipinski definition) is 0. The van der Waals surface area contributed by atoms with Crippen molar-refractivity contribution in [1.82, 2.24) is 4.90 Å². The van der Waals surface area contributed by atoms with Gasteiger partial charge >= 0.3 is 0 Å². The summed E-state index contributed by atoms with van der Waals surface area (Å²) in [5.74, 6) is -0.323. The van der Waals surface area contributed by atoms with E-state index in [1.165, 1.54) is 18.2 Å². The number of hydrogen-bond acceptors (Lipinski definition) is 3. The molecule has 0 aromatic heterocycles. The number of nitro benzene ring substituents is 1. The van der Waals surface area contributed by atoms with Crippen LogP contribution in [-0.2, 0) is 0 Å². The summed E-state index contributed by atoms with van der Waals surface area (Å²) in [6.07, 6.45) is 1.82. The minimum atomic E-state index is -0.553. The van der Waals surface area contributed by atoms with Gasteiger partial charge in [0.25, 0.3) is 11.6 Å². The van der Waals surface area contributed by atoms with E-state index in [-0.39, 0.29) is 23.2 Å². The quantitative estimate of drug-likeness (QED) is 0.479. The molecule has 2 rings (SSSR count). The Bertz CT molecular complexity index is 524. The van der Waals surface area contributed by atoms with Crippen molar-refractivity contribution in [3.05, 3.63) is 38.9 Å². The van der Waals surface area contributed by atoms with Gasteiger partial charge in [-0.05, 0) is 25.0 Å². The first kappa shape index (κ1) is 14.3. The van der Waals surface area contributed by atoms with Crippen LogP contribution in [0.1, 0.15) is 23.2 Å². The maximum absolute atomic E-state index is 12.4. The van der Waals surface area contributed by atoms with Crippen LogP contribution in [0.25, 0.3) is 0 Å². The second-order valence-corrected chi connectivity index (χ2v) is 5.45. The van der Waals surface area contributed by atoms with Gasteiger partial charge in [-0.3, -0.25) is 14.9 Å². The number of nitrogens with zero attached hydrogens (tertiary/aromatic N) is 2. The molecule has 1 aromatic carbocycles. The van der Waals surface area contributed by atoms with Crippen molar-refractivity contribution in [1.29, 1.82) is 0 Å². The topological polar surface area (TPSA) is 63.4 Å². The molecule has 1 heterocycles. The van der Waals surface area contributed by atoms with Crippen molar-refractivity contribution < 1.29 is 9.72 Å². The van der Waals surface area contributed by atoms with E-state index in [1.54, 1.807) is 4.90 Å². The lowest BCUT2D eigenvalue weighted by Gasteiger charge is -2.23. The third-order valence-corrected chi connectivity index (χ3v) is 4.18. The van der Waals surface area contributed by atoms with Crippen LogP contribution < -0.4 is 0 Å².